The first-order valence-corrected chi connectivity index (χ1v) is 11.7. The van der Waals surface area contributed by atoms with Gasteiger partial charge in [-0.2, -0.15) is 0 Å². The summed E-state index contributed by atoms with van der Waals surface area (Å²) < 4.78 is 16.5. The monoisotopic (exact) mass is 463 g/mol. The molecule has 0 spiro atoms. The number of rotatable bonds is 9. The van der Waals surface area contributed by atoms with Crippen LogP contribution in [0.2, 0.25) is 0 Å². The predicted octanol–water partition coefficient (Wildman–Crippen LogP) is 4.39. The minimum Gasteiger partial charge on any atom is -0.493 e. The van der Waals surface area contributed by atoms with Crippen LogP contribution in [-0.4, -0.2) is 63.3 Å². The Morgan fingerprint density at radius 1 is 1.03 bits per heavy atom. The van der Waals surface area contributed by atoms with Crippen LogP contribution in [0.4, 0.5) is 0 Å². The highest BCUT2D eigenvalue weighted by Crippen LogP contribution is 2.41. The zero-order valence-corrected chi connectivity index (χ0v) is 20.4. The predicted molar refractivity (Wildman–Crippen MR) is 134 cm³/mol. The molecule has 1 atom stereocenters. The van der Waals surface area contributed by atoms with Crippen LogP contribution in [0.25, 0.3) is 22.2 Å². The molecule has 1 fully saturated rings. The van der Waals surface area contributed by atoms with E-state index in [-0.39, 0.29) is 5.91 Å². The van der Waals surface area contributed by atoms with Crippen molar-refractivity contribution in [1.82, 2.24) is 15.2 Å². The van der Waals surface area contributed by atoms with Gasteiger partial charge in [0.15, 0.2) is 11.5 Å². The van der Waals surface area contributed by atoms with E-state index >= 15 is 0 Å². The minimum absolute atomic E-state index is 0.0967. The number of likely N-dealkylation sites (tertiary alicyclic amines) is 1. The maximum atomic E-state index is 13.3. The van der Waals surface area contributed by atoms with Crippen molar-refractivity contribution >= 4 is 16.8 Å². The summed E-state index contributed by atoms with van der Waals surface area (Å²) in [7, 11) is 4.73. The first kappa shape index (κ1) is 23.8. The number of fused-ring (bicyclic) bond motifs is 1. The number of ether oxygens (including phenoxy) is 3. The number of benzene rings is 2. The van der Waals surface area contributed by atoms with Gasteiger partial charge < -0.3 is 24.4 Å². The fraction of sp³-hybridized carbons (Fsp3) is 0.407. The van der Waals surface area contributed by atoms with E-state index in [4.69, 9.17) is 19.2 Å². The third-order valence-electron chi connectivity index (χ3n) is 6.30. The van der Waals surface area contributed by atoms with Gasteiger partial charge in [0.1, 0.15) is 0 Å². The maximum Gasteiger partial charge on any atom is 0.252 e. The van der Waals surface area contributed by atoms with Crippen LogP contribution in [0.5, 0.6) is 17.2 Å². The Balaban J connectivity index is 1.65. The molecule has 0 radical (unpaired) electrons. The van der Waals surface area contributed by atoms with E-state index in [1.807, 2.05) is 42.5 Å². The zero-order chi connectivity index (χ0) is 24.1. The molecule has 0 saturated carbocycles. The van der Waals surface area contributed by atoms with Crippen molar-refractivity contribution in [2.24, 2.45) is 5.92 Å². The molecule has 1 saturated heterocycles. The van der Waals surface area contributed by atoms with Gasteiger partial charge in [-0.15, -0.1) is 0 Å². The molecule has 2 heterocycles. The van der Waals surface area contributed by atoms with Crippen LogP contribution >= 0.6 is 0 Å². The summed E-state index contributed by atoms with van der Waals surface area (Å²) in [6.45, 7) is 6.14. The lowest BCUT2D eigenvalue weighted by molar-refractivity contribution is 0.0946. The molecule has 7 heteroatoms. The average molecular weight is 464 g/mol. The Hall–Kier alpha value is -3.32. The van der Waals surface area contributed by atoms with E-state index in [1.165, 1.54) is 12.8 Å². The summed E-state index contributed by atoms with van der Waals surface area (Å²) in [6.07, 6.45) is 2.54. The highest BCUT2D eigenvalue weighted by Gasteiger charge is 2.19. The summed E-state index contributed by atoms with van der Waals surface area (Å²) in [5.74, 6) is 1.87. The zero-order valence-electron chi connectivity index (χ0n) is 20.4. The van der Waals surface area contributed by atoms with Crippen LogP contribution in [-0.2, 0) is 0 Å². The quantitative estimate of drug-likeness (QED) is 0.507. The van der Waals surface area contributed by atoms with E-state index in [1.54, 1.807) is 21.3 Å². The number of hydrogen-bond donors (Lipinski definition) is 1. The average Bonchev–Trinajstić information content (AvgIpc) is 3.38. The van der Waals surface area contributed by atoms with Crippen LogP contribution in [0.1, 0.15) is 30.1 Å². The molecular formula is C27H33N3O4. The van der Waals surface area contributed by atoms with E-state index in [0.717, 1.165) is 36.1 Å². The molecular weight excluding hydrogens is 430 g/mol. The molecule has 7 nitrogen and oxygen atoms in total. The van der Waals surface area contributed by atoms with Crippen molar-refractivity contribution in [3.8, 4) is 28.5 Å². The fourth-order valence-corrected chi connectivity index (χ4v) is 4.57. The standard InChI is InChI=1S/C27H33N3O4/c1-18(17-30-11-7-8-12-30)16-28-27(31)21-15-23(29-22-10-6-5-9-20(21)22)19-13-24(32-2)26(34-4)25(14-19)33-3/h5-6,9-10,13-15,18H,7-8,11-12,16-17H2,1-4H3,(H,28,31). The first-order chi connectivity index (χ1) is 16.5. The summed E-state index contributed by atoms with van der Waals surface area (Å²) in [5.41, 5.74) is 2.79. The van der Waals surface area contributed by atoms with Gasteiger partial charge in [-0.05, 0) is 56.1 Å². The lowest BCUT2D eigenvalue weighted by Gasteiger charge is -2.20. The van der Waals surface area contributed by atoms with Crippen molar-refractivity contribution < 1.29 is 19.0 Å². The second-order valence-corrected chi connectivity index (χ2v) is 8.81. The second-order valence-electron chi connectivity index (χ2n) is 8.81. The normalized spacial score (nSPS) is 14.7. The van der Waals surface area contributed by atoms with Gasteiger partial charge in [-0.1, -0.05) is 25.1 Å². The molecule has 3 aromatic rings. The molecule has 4 rings (SSSR count). The summed E-state index contributed by atoms with van der Waals surface area (Å²) in [4.78, 5) is 20.6. The van der Waals surface area contributed by atoms with Gasteiger partial charge in [-0.3, -0.25) is 4.79 Å². The van der Waals surface area contributed by atoms with Crippen molar-refractivity contribution in [3.63, 3.8) is 0 Å². The summed E-state index contributed by atoms with van der Waals surface area (Å²) >= 11 is 0. The highest BCUT2D eigenvalue weighted by atomic mass is 16.5. The van der Waals surface area contributed by atoms with Crippen molar-refractivity contribution in [1.29, 1.82) is 0 Å². The van der Waals surface area contributed by atoms with Gasteiger partial charge in [-0.25, -0.2) is 4.98 Å². The molecule has 0 aliphatic carbocycles. The number of methoxy groups -OCH3 is 3. The molecule has 0 bridgehead atoms. The van der Waals surface area contributed by atoms with E-state index in [9.17, 15) is 4.79 Å². The van der Waals surface area contributed by atoms with Crippen LogP contribution < -0.4 is 19.5 Å². The van der Waals surface area contributed by atoms with Gasteiger partial charge in [0, 0.05) is 24.0 Å². The van der Waals surface area contributed by atoms with Gasteiger partial charge in [0.05, 0.1) is 38.1 Å². The molecule has 180 valence electrons. The fourth-order valence-electron chi connectivity index (χ4n) is 4.57. The largest absolute Gasteiger partial charge is 0.493 e. The van der Waals surface area contributed by atoms with Crippen molar-refractivity contribution in [2.75, 3.05) is 47.5 Å². The number of hydrogen-bond acceptors (Lipinski definition) is 6. The minimum atomic E-state index is -0.0967. The summed E-state index contributed by atoms with van der Waals surface area (Å²) in [5, 5.41) is 3.97. The number of aromatic nitrogens is 1. The summed E-state index contributed by atoms with van der Waals surface area (Å²) in [6, 6.07) is 13.2. The molecule has 1 aromatic heterocycles. The van der Waals surface area contributed by atoms with Crippen molar-refractivity contribution in [2.45, 2.75) is 19.8 Å². The van der Waals surface area contributed by atoms with Gasteiger partial charge in [0.25, 0.3) is 5.91 Å². The third kappa shape index (κ3) is 5.09. The molecule has 1 amide bonds. The van der Waals surface area contributed by atoms with E-state index < -0.39 is 0 Å². The van der Waals surface area contributed by atoms with E-state index in [0.29, 0.717) is 41.0 Å². The van der Waals surface area contributed by atoms with Gasteiger partial charge >= 0.3 is 0 Å². The Morgan fingerprint density at radius 3 is 2.35 bits per heavy atom. The SMILES string of the molecule is COc1cc(-c2cc(C(=O)NCC(C)CN3CCCC3)c3ccccc3n2)cc(OC)c1OC. The number of carbonyl (C=O) groups is 1. The van der Waals surface area contributed by atoms with Crippen molar-refractivity contribution in [3.05, 3.63) is 48.0 Å². The third-order valence-corrected chi connectivity index (χ3v) is 6.30. The molecule has 1 aliphatic heterocycles. The number of carbonyl (C=O) groups excluding carboxylic acids is 1. The molecule has 1 aliphatic rings. The lowest BCUT2D eigenvalue weighted by atomic mass is 10.0. The molecule has 1 N–H and O–H groups in total. The smallest absolute Gasteiger partial charge is 0.252 e. The molecule has 2 aromatic carbocycles. The highest BCUT2D eigenvalue weighted by molar-refractivity contribution is 6.07. The number of nitrogens with one attached hydrogen (secondary N) is 1. The second kappa shape index (κ2) is 10.7. The maximum absolute atomic E-state index is 13.3. The van der Waals surface area contributed by atoms with Crippen LogP contribution in [0.15, 0.2) is 42.5 Å². The Morgan fingerprint density at radius 2 is 1.71 bits per heavy atom. The topological polar surface area (TPSA) is 72.9 Å². The number of nitrogens with zero attached hydrogens (tertiary/aromatic N) is 2. The molecule has 1 unspecified atom stereocenters. The van der Waals surface area contributed by atoms with Gasteiger partial charge in [0.2, 0.25) is 5.75 Å². The Bertz CT molecular complexity index is 1130. The number of para-hydroxylation sites is 1. The van der Waals surface area contributed by atoms with Crippen LogP contribution in [0, 0.1) is 5.92 Å². The van der Waals surface area contributed by atoms with Crippen LogP contribution in [0.3, 0.4) is 0 Å². The Labute approximate surface area is 201 Å². The number of amides is 1. The molecule has 34 heavy (non-hydrogen) atoms. The Kier molecular flexibility index (Phi) is 7.53. The number of pyridine rings is 1. The van der Waals surface area contributed by atoms with E-state index in [2.05, 4.69) is 17.1 Å². The lowest BCUT2D eigenvalue weighted by Crippen LogP contribution is -2.34. The first-order valence-electron chi connectivity index (χ1n) is 11.7.